The standard InChI is InChI=1S/C30H54NO10P/c1-6-7-8-9-10-11-12-13-14-15-16-17-19-28(33)29(34)20-18-21-30(35)38-24-27(41-26(2)32)25-40-42(36,37)39-23-22-31(3,4)5/h10-11,13-14,16-17,27-29,33-34H,6-9,12,15,18-25H2,1-5H3/b11-10-,14-13-,17-16-/t27-,28?,29?/m1/s1. The highest BCUT2D eigenvalue weighted by molar-refractivity contribution is 7.45. The number of aliphatic hydroxyl groups excluding tert-OH is 2. The molecule has 12 heteroatoms. The largest absolute Gasteiger partial charge is 0.756 e. The molecule has 0 aliphatic heterocycles. The molecule has 4 atom stereocenters. The number of carbonyl (C=O) groups excluding carboxylic acids is 2. The molecule has 11 nitrogen and oxygen atoms in total. The number of ether oxygens (including phenoxy) is 2. The molecular formula is C30H54NO10P. The van der Waals surface area contributed by atoms with E-state index in [0.717, 1.165) is 26.2 Å². The lowest BCUT2D eigenvalue weighted by molar-refractivity contribution is -0.870. The van der Waals surface area contributed by atoms with Crippen molar-refractivity contribution in [2.24, 2.45) is 0 Å². The first-order chi connectivity index (χ1) is 19.8. The van der Waals surface area contributed by atoms with Crippen LogP contribution >= 0.6 is 7.82 Å². The maximum absolute atomic E-state index is 12.1. The van der Waals surface area contributed by atoms with Crippen LogP contribution in [0.3, 0.4) is 0 Å². The van der Waals surface area contributed by atoms with Crippen LogP contribution in [0.5, 0.6) is 0 Å². The number of phosphoric ester groups is 1. The number of esters is 2. The second-order valence-corrected chi connectivity index (χ2v) is 12.6. The number of phosphoric acid groups is 1. The second-order valence-electron chi connectivity index (χ2n) is 11.1. The molecule has 0 aromatic rings. The van der Waals surface area contributed by atoms with Crippen molar-refractivity contribution in [1.29, 1.82) is 0 Å². The van der Waals surface area contributed by atoms with Crippen molar-refractivity contribution in [2.45, 2.75) is 96.4 Å². The molecule has 0 spiro atoms. The summed E-state index contributed by atoms with van der Waals surface area (Å²) in [7, 11) is 0.993. The molecule has 0 heterocycles. The molecule has 2 N–H and O–H groups in total. The van der Waals surface area contributed by atoms with Gasteiger partial charge in [0.1, 0.15) is 19.8 Å². The number of quaternary nitrogens is 1. The number of rotatable bonds is 25. The Hall–Kier alpha value is -1.85. The molecule has 0 saturated carbocycles. The Morgan fingerprint density at radius 2 is 1.55 bits per heavy atom. The molecule has 0 rings (SSSR count). The van der Waals surface area contributed by atoms with Gasteiger partial charge in [0.2, 0.25) is 0 Å². The van der Waals surface area contributed by atoms with E-state index in [9.17, 15) is 29.3 Å². The fraction of sp³-hybridized carbons (Fsp3) is 0.733. The number of hydrogen-bond acceptors (Lipinski definition) is 10. The average molecular weight is 620 g/mol. The number of aliphatic hydroxyl groups is 2. The topological polar surface area (TPSA) is 152 Å². The van der Waals surface area contributed by atoms with E-state index in [4.69, 9.17) is 18.5 Å². The Morgan fingerprint density at radius 3 is 2.17 bits per heavy atom. The maximum Gasteiger partial charge on any atom is 0.305 e. The summed E-state index contributed by atoms with van der Waals surface area (Å²) in [6.07, 6.45) is 16.4. The first-order valence-electron chi connectivity index (χ1n) is 14.8. The Morgan fingerprint density at radius 1 is 0.905 bits per heavy atom. The number of hydrogen-bond donors (Lipinski definition) is 2. The molecule has 0 aromatic carbocycles. The molecule has 0 fully saturated rings. The number of carbonyl (C=O) groups is 2. The predicted octanol–water partition coefficient (Wildman–Crippen LogP) is 3.98. The lowest BCUT2D eigenvalue weighted by Gasteiger charge is -2.28. The van der Waals surface area contributed by atoms with Crippen molar-refractivity contribution in [3.8, 4) is 0 Å². The number of likely N-dealkylation sites (N-methyl/N-ethyl adjacent to an activating group) is 1. The van der Waals surface area contributed by atoms with Gasteiger partial charge >= 0.3 is 11.9 Å². The van der Waals surface area contributed by atoms with E-state index in [1.807, 2.05) is 33.3 Å². The summed E-state index contributed by atoms with van der Waals surface area (Å²) >= 11 is 0. The molecule has 0 saturated heterocycles. The normalized spacial score (nSPS) is 16.1. The van der Waals surface area contributed by atoms with Crippen LogP contribution in [0.15, 0.2) is 36.5 Å². The Bertz CT molecular complexity index is 869. The fourth-order valence-electron chi connectivity index (χ4n) is 3.46. The molecule has 42 heavy (non-hydrogen) atoms. The van der Waals surface area contributed by atoms with Crippen LogP contribution in [0.2, 0.25) is 0 Å². The van der Waals surface area contributed by atoms with Crippen LogP contribution in [0, 0.1) is 0 Å². The molecule has 0 radical (unpaired) electrons. The minimum absolute atomic E-state index is 0.0423. The minimum atomic E-state index is -4.64. The summed E-state index contributed by atoms with van der Waals surface area (Å²) in [5.74, 6) is -1.32. The van der Waals surface area contributed by atoms with Gasteiger partial charge in [0.25, 0.3) is 7.82 Å². The van der Waals surface area contributed by atoms with Gasteiger partial charge in [0, 0.05) is 13.3 Å². The van der Waals surface area contributed by atoms with Crippen molar-refractivity contribution in [1.82, 2.24) is 0 Å². The third kappa shape index (κ3) is 25.8. The third-order valence-electron chi connectivity index (χ3n) is 5.91. The van der Waals surface area contributed by atoms with Gasteiger partial charge in [0.05, 0.1) is 40.0 Å². The Kier molecular flexibility index (Phi) is 22.5. The van der Waals surface area contributed by atoms with E-state index < -0.39 is 51.3 Å². The molecule has 0 aliphatic carbocycles. The van der Waals surface area contributed by atoms with Crippen LogP contribution in [0.4, 0.5) is 0 Å². The van der Waals surface area contributed by atoms with Crippen LogP contribution in [-0.2, 0) is 32.7 Å². The maximum atomic E-state index is 12.1. The molecule has 3 unspecified atom stereocenters. The first kappa shape index (κ1) is 40.1. The van der Waals surface area contributed by atoms with Gasteiger partial charge in [-0.1, -0.05) is 56.2 Å². The lowest BCUT2D eigenvalue weighted by Crippen LogP contribution is -2.37. The third-order valence-corrected chi connectivity index (χ3v) is 6.88. The molecule has 0 aromatic heterocycles. The van der Waals surface area contributed by atoms with Gasteiger partial charge in [-0.05, 0) is 44.9 Å². The molecular weight excluding hydrogens is 565 g/mol. The molecule has 0 aliphatic rings. The SMILES string of the molecule is CCCCC/C=C\C/C=C\C/C=C\CC(O)C(O)CCCC(=O)OC[C@H](COP(=O)([O-])OCC[N+](C)(C)C)OC(C)=O. The summed E-state index contributed by atoms with van der Waals surface area (Å²) in [5.41, 5.74) is 0. The predicted molar refractivity (Wildman–Crippen MR) is 160 cm³/mol. The summed E-state index contributed by atoms with van der Waals surface area (Å²) in [6, 6.07) is 0. The highest BCUT2D eigenvalue weighted by Gasteiger charge is 2.21. The van der Waals surface area contributed by atoms with E-state index in [1.54, 1.807) is 0 Å². The van der Waals surface area contributed by atoms with Crippen molar-refractivity contribution >= 4 is 19.8 Å². The molecule has 244 valence electrons. The number of unbranched alkanes of at least 4 members (excludes halogenated alkanes) is 3. The van der Waals surface area contributed by atoms with Gasteiger partial charge in [-0.2, -0.15) is 0 Å². The van der Waals surface area contributed by atoms with Crippen LogP contribution < -0.4 is 4.89 Å². The smallest absolute Gasteiger partial charge is 0.305 e. The zero-order chi connectivity index (χ0) is 31.9. The van der Waals surface area contributed by atoms with Gasteiger partial charge in [-0.15, -0.1) is 0 Å². The van der Waals surface area contributed by atoms with Crippen LogP contribution in [-0.4, -0.2) is 92.5 Å². The van der Waals surface area contributed by atoms with E-state index >= 15 is 0 Å². The van der Waals surface area contributed by atoms with Crippen LogP contribution in [0.1, 0.15) is 78.1 Å². The Labute approximate surface area is 252 Å². The molecule has 0 bridgehead atoms. The zero-order valence-corrected chi connectivity index (χ0v) is 27.0. The summed E-state index contributed by atoms with van der Waals surface area (Å²) in [6.45, 7) is 2.70. The van der Waals surface area contributed by atoms with Gasteiger partial charge in [0.15, 0.2) is 6.10 Å². The molecule has 0 amide bonds. The first-order valence-corrected chi connectivity index (χ1v) is 16.3. The second kappa shape index (κ2) is 23.6. The van der Waals surface area contributed by atoms with Crippen molar-refractivity contribution < 1.29 is 52.3 Å². The van der Waals surface area contributed by atoms with Crippen molar-refractivity contribution in [3.63, 3.8) is 0 Å². The van der Waals surface area contributed by atoms with Crippen molar-refractivity contribution in [3.05, 3.63) is 36.5 Å². The number of allylic oxidation sites excluding steroid dienone is 5. The summed E-state index contributed by atoms with van der Waals surface area (Å²) < 4.78 is 32.1. The van der Waals surface area contributed by atoms with Crippen molar-refractivity contribution in [2.75, 3.05) is 47.5 Å². The van der Waals surface area contributed by atoms with Gasteiger partial charge in [-0.3, -0.25) is 14.2 Å². The van der Waals surface area contributed by atoms with Gasteiger partial charge < -0.3 is 38.1 Å². The lowest BCUT2D eigenvalue weighted by atomic mass is 10.0. The monoisotopic (exact) mass is 619 g/mol. The van der Waals surface area contributed by atoms with E-state index in [1.165, 1.54) is 19.3 Å². The highest BCUT2D eigenvalue weighted by atomic mass is 31.2. The summed E-state index contributed by atoms with van der Waals surface area (Å²) in [5, 5.41) is 20.3. The fourth-order valence-corrected chi connectivity index (χ4v) is 4.19. The highest BCUT2D eigenvalue weighted by Crippen LogP contribution is 2.38. The van der Waals surface area contributed by atoms with Crippen LogP contribution in [0.25, 0.3) is 0 Å². The van der Waals surface area contributed by atoms with Gasteiger partial charge in [-0.25, -0.2) is 0 Å². The average Bonchev–Trinajstić information content (AvgIpc) is 2.89. The Balaban J connectivity index is 4.25. The minimum Gasteiger partial charge on any atom is -0.756 e. The number of nitrogens with zero attached hydrogens (tertiary/aromatic N) is 1. The van der Waals surface area contributed by atoms with E-state index in [-0.39, 0.29) is 25.9 Å². The van der Waals surface area contributed by atoms with E-state index in [0.29, 0.717) is 17.4 Å². The quantitative estimate of drug-likeness (QED) is 0.0505. The zero-order valence-electron chi connectivity index (χ0n) is 26.2. The van der Waals surface area contributed by atoms with E-state index in [2.05, 4.69) is 31.2 Å². The summed E-state index contributed by atoms with van der Waals surface area (Å²) in [4.78, 5) is 35.4.